The number of carboxylic acid groups (broad SMARTS) is 1. The highest BCUT2D eigenvalue weighted by Crippen LogP contribution is 2.30. The minimum absolute atomic E-state index is 0.0610. The molecule has 4 N–H and O–H groups in total. The number of allylic oxidation sites excluding steroid dienone is 2. The van der Waals surface area contributed by atoms with E-state index >= 15 is 0 Å². The summed E-state index contributed by atoms with van der Waals surface area (Å²) < 4.78 is 0. The number of carbonyl (C=O) groups excluding carboxylic acids is 2. The number of hydrogen-bond donors (Lipinski definition) is 4. The smallest absolute Gasteiger partial charge is 0.320 e. The molecule has 0 radical (unpaired) electrons. The van der Waals surface area contributed by atoms with E-state index in [-0.39, 0.29) is 24.9 Å². The van der Waals surface area contributed by atoms with Gasteiger partial charge in [-0.25, -0.2) is 4.79 Å². The molecule has 4 rings (SSSR count). The second-order valence-corrected chi connectivity index (χ2v) is 10.2. The van der Waals surface area contributed by atoms with Crippen molar-refractivity contribution in [1.82, 2.24) is 10.6 Å². The lowest BCUT2D eigenvalue weighted by Gasteiger charge is -2.21. The number of anilines is 1. The molecular formula is C30H33N3O4S. The van der Waals surface area contributed by atoms with Crippen molar-refractivity contribution in [3.8, 4) is 0 Å². The number of rotatable bonds is 10. The summed E-state index contributed by atoms with van der Waals surface area (Å²) in [5, 5.41) is 20.3. The zero-order valence-electron chi connectivity index (χ0n) is 21.5. The Morgan fingerprint density at radius 1 is 0.974 bits per heavy atom. The van der Waals surface area contributed by atoms with Crippen LogP contribution >= 0.6 is 11.3 Å². The zero-order valence-corrected chi connectivity index (χ0v) is 22.3. The van der Waals surface area contributed by atoms with Crippen molar-refractivity contribution >= 4 is 39.8 Å². The van der Waals surface area contributed by atoms with Crippen molar-refractivity contribution in [3.63, 3.8) is 0 Å². The maximum absolute atomic E-state index is 13.1. The van der Waals surface area contributed by atoms with E-state index in [1.165, 1.54) is 35.3 Å². The minimum Gasteiger partial charge on any atom is -0.481 e. The third kappa shape index (κ3) is 7.10. The molecule has 1 aromatic heterocycles. The van der Waals surface area contributed by atoms with Crippen molar-refractivity contribution in [3.05, 3.63) is 93.9 Å². The fourth-order valence-corrected chi connectivity index (χ4v) is 5.44. The largest absolute Gasteiger partial charge is 0.481 e. The first kappa shape index (κ1) is 27.1. The van der Waals surface area contributed by atoms with Crippen LogP contribution in [-0.2, 0) is 11.2 Å². The number of carbonyl (C=O) groups is 3. The number of amides is 3. The third-order valence-electron chi connectivity index (χ3n) is 6.67. The van der Waals surface area contributed by atoms with E-state index < -0.39 is 12.0 Å². The first-order valence-electron chi connectivity index (χ1n) is 13.0. The van der Waals surface area contributed by atoms with Crippen LogP contribution in [0.3, 0.4) is 0 Å². The Balaban J connectivity index is 1.55. The zero-order chi connectivity index (χ0) is 26.9. The second-order valence-electron chi connectivity index (χ2n) is 9.28. The summed E-state index contributed by atoms with van der Waals surface area (Å²) in [5.74, 6) is -1.30. The number of thiophene rings is 1. The molecule has 38 heavy (non-hydrogen) atoms. The fraction of sp³-hybridized carbons (Fsp3) is 0.300. The lowest BCUT2D eigenvalue weighted by Crippen LogP contribution is -2.33. The van der Waals surface area contributed by atoms with Gasteiger partial charge in [0.15, 0.2) is 0 Å². The van der Waals surface area contributed by atoms with Gasteiger partial charge in [-0.05, 0) is 83.5 Å². The van der Waals surface area contributed by atoms with Crippen LogP contribution in [0.5, 0.6) is 0 Å². The standard InChI is InChI=1S/C30H33N3O4S/c1-2-20-17-19-38-29(20)33-30(37)32-27(23-10-8-22(9-11-23)21-6-4-3-5-7-21)24-12-14-25(15-13-24)28(36)31-18-16-26(34)35/h6,8-15,17,19,27H,2-5,7,16,18H2,1H3,(H,31,36)(H,34,35)(H2,32,33,37). The van der Waals surface area contributed by atoms with E-state index in [1.54, 1.807) is 12.1 Å². The summed E-state index contributed by atoms with van der Waals surface area (Å²) in [6.07, 6.45) is 7.64. The van der Waals surface area contributed by atoms with Gasteiger partial charge >= 0.3 is 12.0 Å². The Morgan fingerprint density at radius 3 is 2.32 bits per heavy atom. The van der Waals surface area contributed by atoms with Crippen molar-refractivity contribution in [1.29, 1.82) is 0 Å². The molecule has 0 fully saturated rings. The number of carboxylic acids is 1. The van der Waals surface area contributed by atoms with Gasteiger partial charge in [0, 0.05) is 12.1 Å². The maximum Gasteiger partial charge on any atom is 0.320 e. The maximum atomic E-state index is 13.1. The van der Waals surface area contributed by atoms with Crippen LogP contribution in [0.2, 0.25) is 0 Å². The highest BCUT2D eigenvalue weighted by Gasteiger charge is 2.19. The average molecular weight is 532 g/mol. The molecule has 1 unspecified atom stereocenters. The molecule has 0 aliphatic heterocycles. The lowest BCUT2D eigenvalue weighted by atomic mass is 9.91. The van der Waals surface area contributed by atoms with E-state index in [0.717, 1.165) is 41.0 Å². The van der Waals surface area contributed by atoms with Crippen LogP contribution in [0.1, 0.15) is 77.7 Å². The predicted octanol–water partition coefficient (Wildman–Crippen LogP) is 6.38. The predicted molar refractivity (Wildman–Crippen MR) is 152 cm³/mol. The number of aliphatic carboxylic acids is 1. The van der Waals surface area contributed by atoms with Crippen LogP contribution in [0, 0.1) is 0 Å². The minimum atomic E-state index is -0.966. The number of aryl methyl sites for hydroxylation is 1. The van der Waals surface area contributed by atoms with Crippen LogP contribution in [0.25, 0.3) is 5.57 Å². The van der Waals surface area contributed by atoms with Crippen LogP contribution in [0.15, 0.2) is 66.1 Å². The van der Waals surface area contributed by atoms with Gasteiger partial charge in [-0.3, -0.25) is 14.9 Å². The summed E-state index contributed by atoms with van der Waals surface area (Å²) >= 11 is 1.49. The van der Waals surface area contributed by atoms with E-state index in [2.05, 4.69) is 41.1 Å². The van der Waals surface area contributed by atoms with Gasteiger partial charge in [-0.1, -0.05) is 49.4 Å². The van der Waals surface area contributed by atoms with Crippen molar-refractivity contribution < 1.29 is 19.5 Å². The van der Waals surface area contributed by atoms with Gasteiger partial charge in [-0.2, -0.15) is 0 Å². The molecule has 1 aliphatic carbocycles. The van der Waals surface area contributed by atoms with Gasteiger partial charge in [0.25, 0.3) is 5.91 Å². The first-order valence-corrected chi connectivity index (χ1v) is 13.9. The van der Waals surface area contributed by atoms with E-state index in [0.29, 0.717) is 5.56 Å². The second kappa shape index (κ2) is 13.1. The Labute approximate surface area is 227 Å². The molecule has 8 heteroatoms. The molecule has 1 atom stereocenters. The monoisotopic (exact) mass is 531 g/mol. The van der Waals surface area contributed by atoms with Gasteiger partial charge < -0.3 is 15.7 Å². The number of urea groups is 1. The molecule has 0 spiro atoms. The number of benzene rings is 2. The highest BCUT2D eigenvalue weighted by atomic mass is 32.1. The molecule has 2 aromatic carbocycles. The topological polar surface area (TPSA) is 108 Å². The molecule has 0 saturated heterocycles. The number of nitrogens with one attached hydrogen (secondary N) is 3. The van der Waals surface area contributed by atoms with E-state index in [9.17, 15) is 14.4 Å². The van der Waals surface area contributed by atoms with Crippen LogP contribution in [-0.4, -0.2) is 29.6 Å². The molecule has 3 aromatic rings. The molecule has 0 bridgehead atoms. The molecule has 198 valence electrons. The summed E-state index contributed by atoms with van der Waals surface area (Å²) in [6.45, 7) is 2.11. The summed E-state index contributed by atoms with van der Waals surface area (Å²) in [5.41, 5.74) is 5.84. The molecular weight excluding hydrogens is 498 g/mol. The average Bonchev–Trinajstić information content (AvgIpc) is 3.39. The van der Waals surface area contributed by atoms with Crippen LogP contribution < -0.4 is 16.0 Å². The fourth-order valence-electron chi connectivity index (χ4n) is 4.56. The molecule has 3 amide bonds. The molecule has 0 saturated carbocycles. The number of hydrogen-bond acceptors (Lipinski definition) is 4. The normalized spacial score (nSPS) is 13.8. The van der Waals surface area contributed by atoms with Gasteiger partial charge in [0.1, 0.15) is 0 Å². The summed E-state index contributed by atoms with van der Waals surface area (Å²) in [7, 11) is 0. The van der Waals surface area contributed by atoms with Gasteiger partial charge in [0.05, 0.1) is 17.5 Å². The Hall–Kier alpha value is -3.91. The lowest BCUT2D eigenvalue weighted by molar-refractivity contribution is -0.136. The Kier molecular flexibility index (Phi) is 9.32. The van der Waals surface area contributed by atoms with E-state index in [4.69, 9.17) is 5.11 Å². The highest BCUT2D eigenvalue weighted by molar-refractivity contribution is 7.14. The summed E-state index contributed by atoms with van der Waals surface area (Å²) in [6, 6.07) is 16.6. The SMILES string of the molecule is CCc1ccsc1NC(=O)NC(c1ccc(C(=O)NCCC(=O)O)cc1)c1ccc(C2=CCCCC2)cc1. The quantitative estimate of drug-likeness (QED) is 0.243. The Bertz CT molecular complexity index is 1300. The van der Waals surface area contributed by atoms with Crippen molar-refractivity contribution in [2.24, 2.45) is 0 Å². The van der Waals surface area contributed by atoms with Crippen LogP contribution in [0.4, 0.5) is 9.80 Å². The summed E-state index contributed by atoms with van der Waals surface area (Å²) in [4.78, 5) is 36.2. The van der Waals surface area contributed by atoms with Crippen molar-refractivity contribution in [2.75, 3.05) is 11.9 Å². The third-order valence-corrected chi connectivity index (χ3v) is 7.54. The van der Waals surface area contributed by atoms with Crippen molar-refractivity contribution in [2.45, 2.75) is 51.5 Å². The van der Waals surface area contributed by atoms with Gasteiger partial charge in [-0.15, -0.1) is 11.3 Å². The first-order chi connectivity index (χ1) is 18.4. The molecule has 7 nitrogen and oxygen atoms in total. The van der Waals surface area contributed by atoms with E-state index in [1.807, 2.05) is 35.7 Å². The molecule has 1 aliphatic rings. The molecule has 1 heterocycles. The van der Waals surface area contributed by atoms with Gasteiger partial charge in [0.2, 0.25) is 0 Å². The Morgan fingerprint density at radius 2 is 1.68 bits per heavy atom.